The SMILES string of the molecule is C=O.CC.CC.CC. The summed E-state index contributed by atoms with van der Waals surface area (Å²) in [7, 11) is 0. The molecule has 0 bridgehead atoms. The molecule has 8 heavy (non-hydrogen) atoms. The predicted molar refractivity (Wildman–Crippen MR) is 41.2 cm³/mol. The zero-order valence-corrected chi connectivity index (χ0v) is 7.12. The van der Waals surface area contributed by atoms with Crippen molar-refractivity contribution in [3.63, 3.8) is 0 Å². The molecule has 0 atom stereocenters. The maximum Gasteiger partial charge on any atom is 0.106 e. The minimum Gasteiger partial charge on any atom is -0.307 e. The Bertz CT molecular complexity index is 4.35. The van der Waals surface area contributed by atoms with Crippen LogP contribution in [0.15, 0.2) is 0 Å². The van der Waals surface area contributed by atoms with E-state index in [2.05, 4.69) is 0 Å². The number of carbonyl (C=O) groups is 1. The van der Waals surface area contributed by atoms with Crippen molar-refractivity contribution in [2.24, 2.45) is 0 Å². The molecule has 0 aromatic carbocycles. The highest BCUT2D eigenvalue weighted by molar-refractivity contribution is 5.10. The molecule has 0 spiro atoms. The molecule has 0 heterocycles. The molecule has 54 valence electrons. The second-order valence-corrected chi connectivity index (χ2v) is 0. The van der Waals surface area contributed by atoms with Crippen molar-refractivity contribution in [3.8, 4) is 0 Å². The summed E-state index contributed by atoms with van der Waals surface area (Å²) < 4.78 is 0. The third-order valence-electron chi connectivity index (χ3n) is 0. The molecule has 0 amide bonds. The van der Waals surface area contributed by atoms with Crippen molar-refractivity contribution in [1.29, 1.82) is 0 Å². The maximum absolute atomic E-state index is 8.00. The Balaban J connectivity index is -0.0000000133. The van der Waals surface area contributed by atoms with E-state index in [9.17, 15) is 0 Å². The van der Waals surface area contributed by atoms with Gasteiger partial charge in [-0.2, -0.15) is 0 Å². The molecular formula is C7H20O. The van der Waals surface area contributed by atoms with Crippen molar-refractivity contribution in [3.05, 3.63) is 0 Å². The van der Waals surface area contributed by atoms with Crippen LogP contribution in [-0.4, -0.2) is 6.79 Å². The summed E-state index contributed by atoms with van der Waals surface area (Å²) in [6.45, 7) is 14.0. The van der Waals surface area contributed by atoms with Gasteiger partial charge in [-0.15, -0.1) is 0 Å². The van der Waals surface area contributed by atoms with Crippen LogP contribution >= 0.6 is 0 Å². The largest absolute Gasteiger partial charge is 0.307 e. The van der Waals surface area contributed by atoms with Crippen molar-refractivity contribution in [1.82, 2.24) is 0 Å². The predicted octanol–water partition coefficient (Wildman–Crippen LogP) is 2.89. The van der Waals surface area contributed by atoms with Crippen molar-refractivity contribution in [2.45, 2.75) is 41.5 Å². The highest BCUT2D eigenvalue weighted by atomic mass is 16.1. The van der Waals surface area contributed by atoms with E-state index in [1.165, 1.54) is 0 Å². The van der Waals surface area contributed by atoms with E-state index in [0.29, 0.717) is 0 Å². The molecule has 0 aromatic heterocycles. The average Bonchev–Trinajstić information content (AvgIpc) is 2.03. The van der Waals surface area contributed by atoms with Crippen molar-refractivity contribution in [2.75, 3.05) is 0 Å². The van der Waals surface area contributed by atoms with E-state index < -0.39 is 0 Å². The Morgan fingerprint density at radius 1 is 0.625 bits per heavy atom. The first kappa shape index (κ1) is 25.3. The number of hydrogen-bond acceptors (Lipinski definition) is 1. The van der Waals surface area contributed by atoms with E-state index in [4.69, 9.17) is 4.79 Å². The molecule has 0 aliphatic carbocycles. The Morgan fingerprint density at radius 3 is 0.625 bits per heavy atom. The lowest BCUT2D eigenvalue weighted by atomic mass is 11.0. The molecule has 0 aliphatic heterocycles. The van der Waals surface area contributed by atoms with Gasteiger partial charge < -0.3 is 4.79 Å². The molecule has 0 saturated heterocycles. The second kappa shape index (κ2) is 1970. The second-order valence-electron chi connectivity index (χ2n) is 0. The Kier molecular flexibility index (Phi) is 6240. The van der Waals surface area contributed by atoms with E-state index in [-0.39, 0.29) is 0 Å². The third kappa shape index (κ3) is 1140. The molecule has 0 aromatic rings. The Morgan fingerprint density at radius 2 is 0.625 bits per heavy atom. The first-order valence-electron chi connectivity index (χ1n) is 3.29. The zero-order chi connectivity index (χ0) is 8.00. The number of carbonyl (C=O) groups excluding carboxylic acids is 1. The molecule has 1 nitrogen and oxygen atoms in total. The van der Waals surface area contributed by atoms with Gasteiger partial charge in [-0.25, -0.2) is 0 Å². The zero-order valence-electron chi connectivity index (χ0n) is 7.12. The van der Waals surface area contributed by atoms with Crippen LogP contribution in [0.4, 0.5) is 0 Å². The quantitative estimate of drug-likeness (QED) is 0.480. The summed E-state index contributed by atoms with van der Waals surface area (Å²) in [6.07, 6.45) is 0. The first-order valence-corrected chi connectivity index (χ1v) is 3.29. The molecule has 0 rings (SSSR count). The molecule has 0 aliphatic rings. The van der Waals surface area contributed by atoms with Crippen LogP contribution in [-0.2, 0) is 4.79 Å². The van der Waals surface area contributed by atoms with Gasteiger partial charge in [-0.3, -0.25) is 0 Å². The molecular weight excluding hydrogens is 100 g/mol. The number of hydrogen-bond donors (Lipinski definition) is 0. The molecule has 1 heteroatoms. The summed E-state index contributed by atoms with van der Waals surface area (Å²) in [5.74, 6) is 0. The maximum atomic E-state index is 8.00. The normalized spacial score (nSPS) is 2.75. The summed E-state index contributed by atoms with van der Waals surface area (Å²) in [6, 6.07) is 0. The fourth-order valence-electron chi connectivity index (χ4n) is 0. The Hall–Kier alpha value is -0.330. The topological polar surface area (TPSA) is 17.1 Å². The highest BCUT2D eigenvalue weighted by Gasteiger charge is 0.936. The van der Waals surface area contributed by atoms with Crippen molar-refractivity contribution >= 4 is 6.79 Å². The van der Waals surface area contributed by atoms with Crippen LogP contribution in [0.3, 0.4) is 0 Å². The lowest BCUT2D eigenvalue weighted by Crippen LogP contribution is -0.925. The summed E-state index contributed by atoms with van der Waals surface area (Å²) >= 11 is 0. The molecule has 0 radical (unpaired) electrons. The van der Waals surface area contributed by atoms with E-state index in [1.54, 1.807) is 0 Å². The van der Waals surface area contributed by atoms with E-state index in [1.807, 2.05) is 48.3 Å². The lowest BCUT2D eigenvalue weighted by molar-refractivity contribution is -0.0979. The van der Waals surface area contributed by atoms with Gasteiger partial charge >= 0.3 is 0 Å². The summed E-state index contributed by atoms with van der Waals surface area (Å²) in [5.41, 5.74) is 0. The highest BCUT2D eigenvalue weighted by Crippen LogP contribution is 1.15. The van der Waals surface area contributed by atoms with Gasteiger partial charge in [0.2, 0.25) is 0 Å². The Labute approximate surface area is 54.1 Å². The van der Waals surface area contributed by atoms with Gasteiger partial charge in [0.1, 0.15) is 6.79 Å². The minimum absolute atomic E-state index is 2.00. The average molecular weight is 120 g/mol. The standard InChI is InChI=1S/3C2H6.CH2O/c4*1-2/h3*1-2H3;1H2. The third-order valence-corrected chi connectivity index (χ3v) is 0. The van der Waals surface area contributed by atoms with Gasteiger partial charge in [-0.1, -0.05) is 41.5 Å². The first-order chi connectivity index (χ1) is 4.00. The smallest absolute Gasteiger partial charge is 0.106 e. The monoisotopic (exact) mass is 120 g/mol. The summed E-state index contributed by atoms with van der Waals surface area (Å²) in [5, 5.41) is 0. The molecule has 0 saturated carbocycles. The fourth-order valence-corrected chi connectivity index (χ4v) is 0. The van der Waals surface area contributed by atoms with Crippen LogP contribution in [0.5, 0.6) is 0 Å². The van der Waals surface area contributed by atoms with Gasteiger partial charge in [0, 0.05) is 0 Å². The van der Waals surface area contributed by atoms with Gasteiger partial charge in [0.25, 0.3) is 0 Å². The van der Waals surface area contributed by atoms with Crippen LogP contribution in [0.25, 0.3) is 0 Å². The van der Waals surface area contributed by atoms with Gasteiger partial charge in [-0.05, 0) is 0 Å². The van der Waals surface area contributed by atoms with E-state index >= 15 is 0 Å². The molecule has 0 unspecified atom stereocenters. The number of rotatable bonds is 0. The van der Waals surface area contributed by atoms with Crippen LogP contribution in [0.1, 0.15) is 41.5 Å². The van der Waals surface area contributed by atoms with Crippen molar-refractivity contribution < 1.29 is 4.79 Å². The van der Waals surface area contributed by atoms with Gasteiger partial charge in [0.05, 0.1) is 0 Å². The van der Waals surface area contributed by atoms with Gasteiger partial charge in [0.15, 0.2) is 0 Å². The molecule has 0 N–H and O–H groups in total. The molecule has 0 fully saturated rings. The fraction of sp³-hybridized carbons (Fsp3) is 0.857. The van der Waals surface area contributed by atoms with Crippen LogP contribution in [0.2, 0.25) is 0 Å². The van der Waals surface area contributed by atoms with Crippen LogP contribution < -0.4 is 0 Å². The minimum atomic E-state index is 2.00. The van der Waals surface area contributed by atoms with Crippen LogP contribution in [0, 0.1) is 0 Å². The van der Waals surface area contributed by atoms with E-state index in [0.717, 1.165) is 0 Å². The summed E-state index contributed by atoms with van der Waals surface area (Å²) in [4.78, 5) is 8.00. The lowest BCUT2D eigenvalue weighted by Gasteiger charge is -1.07.